The highest BCUT2D eigenvalue weighted by Crippen LogP contribution is 2.36. The van der Waals surface area contributed by atoms with E-state index in [2.05, 4.69) is 22.1 Å². The largest absolute Gasteiger partial charge is 0.495 e. The number of carbonyl (C=O) groups is 1. The molecule has 1 aromatic heterocycles. The van der Waals surface area contributed by atoms with E-state index in [1.54, 1.807) is 25.3 Å². The monoisotopic (exact) mass is 452 g/mol. The van der Waals surface area contributed by atoms with E-state index in [0.717, 1.165) is 0 Å². The van der Waals surface area contributed by atoms with Gasteiger partial charge in [0.25, 0.3) is 0 Å². The van der Waals surface area contributed by atoms with Gasteiger partial charge in [-0.05, 0) is 31.2 Å². The number of amides is 1. The van der Waals surface area contributed by atoms with Crippen molar-refractivity contribution in [2.75, 3.05) is 19.0 Å². The number of nitrogens with one attached hydrogen (secondary N) is 1. The van der Waals surface area contributed by atoms with Crippen LogP contribution in [-0.2, 0) is 11.3 Å². The second-order valence-electron chi connectivity index (χ2n) is 7.05. The minimum Gasteiger partial charge on any atom is -0.495 e. The number of anilines is 1. The summed E-state index contributed by atoms with van der Waals surface area (Å²) in [4.78, 5) is 12.8. The van der Waals surface area contributed by atoms with E-state index >= 15 is 0 Å². The summed E-state index contributed by atoms with van der Waals surface area (Å²) in [6.45, 7) is 6.45. The number of nitrogens with zero attached hydrogens (tertiary/aromatic N) is 3. The van der Waals surface area contributed by atoms with Crippen molar-refractivity contribution < 1.29 is 19.0 Å². The lowest BCUT2D eigenvalue weighted by molar-refractivity contribution is -0.115. The molecule has 9 heteroatoms. The highest BCUT2D eigenvalue weighted by atomic mass is 32.2. The minimum absolute atomic E-state index is 0.166. The predicted octanol–water partition coefficient (Wildman–Crippen LogP) is 4.10. The molecule has 2 unspecified atom stereocenters. The summed E-state index contributed by atoms with van der Waals surface area (Å²) in [5.74, 6) is 2.43. The van der Waals surface area contributed by atoms with E-state index in [-0.39, 0.29) is 5.91 Å². The number of ether oxygens (including phenoxy) is 3. The number of aromatic nitrogens is 3. The number of allylic oxidation sites excluding steroid dienone is 1. The fourth-order valence-corrected chi connectivity index (χ4v) is 4.13. The van der Waals surface area contributed by atoms with Crippen LogP contribution in [0.1, 0.15) is 18.9 Å². The van der Waals surface area contributed by atoms with E-state index < -0.39 is 11.4 Å². The van der Waals surface area contributed by atoms with Gasteiger partial charge in [-0.3, -0.25) is 9.36 Å². The third-order valence-corrected chi connectivity index (χ3v) is 5.95. The van der Waals surface area contributed by atoms with Gasteiger partial charge in [-0.1, -0.05) is 42.1 Å². The fourth-order valence-electron chi connectivity index (χ4n) is 3.27. The van der Waals surface area contributed by atoms with Crippen molar-refractivity contribution >= 4 is 23.4 Å². The number of methoxy groups -OCH3 is 1. The van der Waals surface area contributed by atoms with Crippen LogP contribution >= 0.6 is 11.8 Å². The molecule has 4 rings (SSSR count). The minimum atomic E-state index is -0.426. The van der Waals surface area contributed by atoms with Crippen LogP contribution in [0, 0.1) is 0 Å². The molecule has 0 bridgehead atoms. The van der Waals surface area contributed by atoms with E-state index in [4.69, 9.17) is 14.2 Å². The Balaban J connectivity index is 1.50. The first-order chi connectivity index (χ1) is 15.6. The van der Waals surface area contributed by atoms with Gasteiger partial charge in [0.1, 0.15) is 12.4 Å². The lowest BCUT2D eigenvalue weighted by Gasteiger charge is -2.26. The maximum Gasteiger partial charge on any atom is 0.237 e. The number of hydrogen-bond donors (Lipinski definition) is 1. The summed E-state index contributed by atoms with van der Waals surface area (Å²) in [6.07, 6.45) is 1.35. The SMILES string of the molecule is C=CCn1c(SC(C)C(=O)Nc2ccccc2OC)nnc1C1COc2ccccc2O1. The highest BCUT2D eigenvalue weighted by Gasteiger charge is 2.29. The lowest BCUT2D eigenvalue weighted by Crippen LogP contribution is -2.25. The maximum atomic E-state index is 12.8. The number of para-hydroxylation sites is 4. The Labute approximate surface area is 190 Å². The van der Waals surface area contributed by atoms with E-state index in [1.165, 1.54) is 11.8 Å². The number of fused-ring (bicyclic) bond motifs is 1. The van der Waals surface area contributed by atoms with Gasteiger partial charge in [0.15, 0.2) is 28.6 Å². The van der Waals surface area contributed by atoms with Crippen LogP contribution in [-0.4, -0.2) is 39.6 Å². The number of rotatable bonds is 8. The molecule has 2 aromatic carbocycles. The molecule has 0 saturated carbocycles. The maximum absolute atomic E-state index is 12.8. The van der Waals surface area contributed by atoms with Crippen LogP contribution in [0.25, 0.3) is 0 Å². The molecular weight excluding hydrogens is 428 g/mol. The summed E-state index contributed by atoms with van der Waals surface area (Å²) < 4.78 is 19.1. The van der Waals surface area contributed by atoms with Gasteiger partial charge in [-0.2, -0.15) is 0 Å². The summed E-state index contributed by atoms with van der Waals surface area (Å²) in [5.41, 5.74) is 0.618. The van der Waals surface area contributed by atoms with E-state index in [0.29, 0.717) is 47.1 Å². The molecule has 2 heterocycles. The normalized spacial score (nSPS) is 15.6. The predicted molar refractivity (Wildman–Crippen MR) is 122 cm³/mol. The molecule has 3 aromatic rings. The molecule has 1 amide bonds. The molecule has 0 fully saturated rings. The van der Waals surface area contributed by atoms with Crippen molar-refractivity contribution in [2.24, 2.45) is 0 Å². The lowest BCUT2D eigenvalue weighted by atomic mass is 10.2. The van der Waals surface area contributed by atoms with Gasteiger partial charge in [0.2, 0.25) is 5.91 Å². The molecule has 0 aliphatic carbocycles. The van der Waals surface area contributed by atoms with Gasteiger partial charge >= 0.3 is 0 Å². The zero-order chi connectivity index (χ0) is 22.5. The van der Waals surface area contributed by atoms with Crippen molar-refractivity contribution in [2.45, 2.75) is 30.0 Å². The van der Waals surface area contributed by atoms with Crippen molar-refractivity contribution in [3.63, 3.8) is 0 Å². The molecule has 8 nitrogen and oxygen atoms in total. The Morgan fingerprint density at radius 2 is 2.03 bits per heavy atom. The number of thioether (sulfide) groups is 1. The van der Waals surface area contributed by atoms with Gasteiger partial charge in [-0.25, -0.2) is 0 Å². The second kappa shape index (κ2) is 9.78. The van der Waals surface area contributed by atoms with Crippen LogP contribution in [0.5, 0.6) is 17.2 Å². The first kappa shape index (κ1) is 21.8. The number of benzene rings is 2. The number of hydrogen-bond acceptors (Lipinski definition) is 7. The quantitative estimate of drug-likeness (QED) is 0.407. The van der Waals surface area contributed by atoms with Gasteiger partial charge < -0.3 is 19.5 Å². The molecule has 0 radical (unpaired) electrons. The van der Waals surface area contributed by atoms with Crippen LogP contribution in [0.3, 0.4) is 0 Å². The Morgan fingerprint density at radius 3 is 2.81 bits per heavy atom. The standard InChI is InChI=1S/C23H24N4O4S/c1-4-13-27-21(20-14-30-18-11-7-8-12-19(18)31-20)25-26-23(27)32-15(2)22(28)24-16-9-5-6-10-17(16)29-3/h4-12,15,20H,1,13-14H2,2-3H3,(H,24,28). The van der Waals surface area contributed by atoms with Crippen molar-refractivity contribution in [1.82, 2.24) is 14.8 Å². The fraction of sp³-hybridized carbons (Fsp3) is 0.261. The molecule has 1 aliphatic heterocycles. The zero-order valence-electron chi connectivity index (χ0n) is 17.9. The smallest absolute Gasteiger partial charge is 0.237 e. The molecule has 0 spiro atoms. The molecule has 32 heavy (non-hydrogen) atoms. The van der Waals surface area contributed by atoms with E-state index in [9.17, 15) is 4.79 Å². The molecule has 2 atom stereocenters. The average Bonchev–Trinajstić information content (AvgIpc) is 3.21. The Kier molecular flexibility index (Phi) is 6.65. The topological polar surface area (TPSA) is 87.5 Å². The summed E-state index contributed by atoms with van der Waals surface area (Å²) in [6, 6.07) is 14.8. The zero-order valence-corrected chi connectivity index (χ0v) is 18.7. The van der Waals surface area contributed by atoms with Crippen LogP contribution in [0.15, 0.2) is 66.3 Å². The molecule has 0 saturated heterocycles. The Bertz CT molecular complexity index is 1120. The Morgan fingerprint density at radius 1 is 1.28 bits per heavy atom. The van der Waals surface area contributed by atoms with Crippen LogP contribution in [0.2, 0.25) is 0 Å². The summed E-state index contributed by atoms with van der Waals surface area (Å²) in [5, 5.41) is 11.7. The second-order valence-corrected chi connectivity index (χ2v) is 8.36. The molecular formula is C23H24N4O4S. The summed E-state index contributed by atoms with van der Waals surface area (Å²) in [7, 11) is 1.57. The van der Waals surface area contributed by atoms with Gasteiger partial charge in [0.05, 0.1) is 18.0 Å². The van der Waals surface area contributed by atoms with Crippen molar-refractivity contribution in [1.29, 1.82) is 0 Å². The van der Waals surface area contributed by atoms with Crippen molar-refractivity contribution in [3.05, 3.63) is 67.0 Å². The average molecular weight is 453 g/mol. The van der Waals surface area contributed by atoms with Crippen LogP contribution in [0.4, 0.5) is 5.69 Å². The third kappa shape index (κ3) is 4.57. The van der Waals surface area contributed by atoms with E-state index in [1.807, 2.05) is 47.9 Å². The van der Waals surface area contributed by atoms with Gasteiger partial charge in [0, 0.05) is 6.54 Å². The number of carbonyl (C=O) groups excluding carboxylic acids is 1. The molecule has 1 aliphatic rings. The highest BCUT2D eigenvalue weighted by molar-refractivity contribution is 8.00. The molecule has 166 valence electrons. The first-order valence-electron chi connectivity index (χ1n) is 10.1. The van der Waals surface area contributed by atoms with Crippen LogP contribution < -0.4 is 19.5 Å². The van der Waals surface area contributed by atoms with Gasteiger partial charge in [-0.15, -0.1) is 16.8 Å². The Hall–Kier alpha value is -3.46. The first-order valence-corrected chi connectivity index (χ1v) is 11.0. The molecule has 1 N–H and O–H groups in total. The third-order valence-electron chi connectivity index (χ3n) is 4.87. The van der Waals surface area contributed by atoms with Crippen molar-refractivity contribution in [3.8, 4) is 17.2 Å². The summed E-state index contributed by atoms with van der Waals surface area (Å²) >= 11 is 1.31.